The van der Waals surface area contributed by atoms with Crippen LogP contribution in [0.2, 0.25) is 5.02 Å². The number of aromatic nitrogens is 2. The molecule has 0 saturated heterocycles. The normalized spacial score (nSPS) is 19.1. The average Bonchev–Trinajstić information content (AvgIpc) is 3.20. The molecule has 0 bridgehead atoms. The Bertz CT molecular complexity index is 839. The van der Waals surface area contributed by atoms with Gasteiger partial charge in [-0.15, -0.1) is 18.3 Å². The smallest absolute Gasteiger partial charge is 0.484 e. The standard InChI is InChI=1S/C19H22ClF3N4O4/c20-13-3-7-15(8-4-13)29-11-16(28)25-14-5-1-12(2-6-14)17-26-27-18(31-17)24-9-10-30-19(21,22)23/h3-4,7-8,12,14H,1-2,5-6,9-11H2,(H,24,27)(H,25,28). The number of hydrogen-bond acceptors (Lipinski definition) is 7. The molecule has 1 aliphatic carbocycles. The lowest BCUT2D eigenvalue weighted by Gasteiger charge is -2.27. The number of rotatable bonds is 9. The van der Waals surface area contributed by atoms with Crippen LogP contribution in [0, 0.1) is 0 Å². The van der Waals surface area contributed by atoms with E-state index in [1.165, 1.54) is 0 Å². The van der Waals surface area contributed by atoms with E-state index in [9.17, 15) is 18.0 Å². The molecule has 0 radical (unpaired) electrons. The zero-order chi connectivity index (χ0) is 22.3. The first-order valence-corrected chi connectivity index (χ1v) is 10.1. The van der Waals surface area contributed by atoms with Gasteiger partial charge in [0, 0.05) is 23.5 Å². The van der Waals surface area contributed by atoms with E-state index in [-0.39, 0.29) is 37.0 Å². The lowest BCUT2D eigenvalue weighted by atomic mass is 9.86. The van der Waals surface area contributed by atoms with E-state index in [0.29, 0.717) is 16.7 Å². The summed E-state index contributed by atoms with van der Waals surface area (Å²) < 4.78 is 50.4. The maximum absolute atomic E-state index is 12.1. The lowest BCUT2D eigenvalue weighted by Crippen LogP contribution is -2.39. The summed E-state index contributed by atoms with van der Waals surface area (Å²) >= 11 is 5.81. The third-order valence-electron chi connectivity index (χ3n) is 4.71. The van der Waals surface area contributed by atoms with Crippen LogP contribution >= 0.6 is 11.6 Å². The van der Waals surface area contributed by atoms with Crippen molar-refractivity contribution < 1.29 is 31.9 Å². The fraction of sp³-hybridized carbons (Fsp3) is 0.526. The summed E-state index contributed by atoms with van der Waals surface area (Å²) in [5, 5.41) is 13.9. The minimum atomic E-state index is -4.67. The molecule has 1 fully saturated rings. The van der Waals surface area contributed by atoms with Crippen LogP contribution in [-0.4, -0.2) is 48.3 Å². The Morgan fingerprint density at radius 3 is 2.55 bits per heavy atom. The van der Waals surface area contributed by atoms with Gasteiger partial charge in [-0.25, -0.2) is 0 Å². The molecule has 2 aromatic rings. The first-order chi connectivity index (χ1) is 14.8. The molecule has 3 rings (SSSR count). The molecule has 31 heavy (non-hydrogen) atoms. The molecule has 8 nitrogen and oxygen atoms in total. The molecule has 12 heteroatoms. The highest BCUT2D eigenvalue weighted by atomic mass is 35.5. The zero-order valence-electron chi connectivity index (χ0n) is 16.5. The van der Waals surface area contributed by atoms with Gasteiger partial charge < -0.3 is 19.8 Å². The van der Waals surface area contributed by atoms with Gasteiger partial charge in [0.15, 0.2) is 6.61 Å². The van der Waals surface area contributed by atoms with E-state index in [0.717, 1.165) is 25.7 Å². The van der Waals surface area contributed by atoms with Gasteiger partial charge in [0.25, 0.3) is 5.91 Å². The van der Waals surface area contributed by atoms with Crippen molar-refractivity contribution in [1.82, 2.24) is 15.5 Å². The van der Waals surface area contributed by atoms with Crippen LogP contribution in [0.4, 0.5) is 19.2 Å². The molecule has 2 N–H and O–H groups in total. The first-order valence-electron chi connectivity index (χ1n) is 9.74. The summed E-state index contributed by atoms with van der Waals surface area (Å²) in [5.74, 6) is 0.820. The summed E-state index contributed by atoms with van der Waals surface area (Å²) in [6.45, 7) is -0.760. The molecule has 1 amide bonds. The largest absolute Gasteiger partial charge is 0.522 e. The van der Waals surface area contributed by atoms with Gasteiger partial charge >= 0.3 is 12.4 Å². The summed E-state index contributed by atoms with van der Waals surface area (Å²) in [6, 6.07) is 6.83. The maximum atomic E-state index is 12.1. The Morgan fingerprint density at radius 1 is 1.16 bits per heavy atom. The first kappa shape index (κ1) is 23.1. The molecule has 0 unspecified atom stereocenters. The topological polar surface area (TPSA) is 98.5 Å². The monoisotopic (exact) mass is 462 g/mol. The Balaban J connectivity index is 1.35. The lowest BCUT2D eigenvalue weighted by molar-refractivity contribution is -0.322. The van der Waals surface area contributed by atoms with Gasteiger partial charge in [-0.1, -0.05) is 16.7 Å². The van der Waals surface area contributed by atoms with Crippen LogP contribution in [0.15, 0.2) is 28.7 Å². The van der Waals surface area contributed by atoms with Gasteiger partial charge in [-0.2, -0.15) is 0 Å². The second-order valence-electron chi connectivity index (χ2n) is 7.03. The number of ether oxygens (including phenoxy) is 2. The van der Waals surface area contributed by atoms with E-state index >= 15 is 0 Å². The molecule has 170 valence electrons. The van der Waals surface area contributed by atoms with Crippen LogP contribution < -0.4 is 15.4 Å². The number of anilines is 1. The molecule has 0 spiro atoms. The summed E-state index contributed by atoms with van der Waals surface area (Å²) in [6.07, 6.45) is -1.72. The van der Waals surface area contributed by atoms with Crippen molar-refractivity contribution in [1.29, 1.82) is 0 Å². The van der Waals surface area contributed by atoms with Crippen molar-refractivity contribution in [2.24, 2.45) is 0 Å². The average molecular weight is 463 g/mol. The van der Waals surface area contributed by atoms with E-state index in [1.54, 1.807) is 24.3 Å². The number of carbonyl (C=O) groups is 1. The minimum absolute atomic E-state index is 0.0256. The fourth-order valence-electron chi connectivity index (χ4n) is 3.23. The number of alkyl halides is 3. The summed E-state index contributed by atoms with van der Waals surface area (Å²) in [7, 11) is 0. The van der Waals surface area contributed by atoms with Gasteiger partial charge in [-0.3, -0.25) is 9.53 Å². The Labute approximate surface area is 181 Å². The van der Waals surface area contributed by atoms with E-state index in [4.69, 9.17) is 20.8 Å². The molecule has 1 saturated carbocycles. The van der Waals surface area contributed by atoms with Crippen LogP contribution in [0.1, 0.15) is 37.5 Å². The van der Waals surface area contributed by atoms with Gasteiger partial charge in [0.2, 0.25) is 5.89 Å². The van der Waals surface area contributed by atoms with Crippen molar-refractivity contribution in [3.05, 3.63) is 35.2 Å². The summed E-state index contributed by atoms with van der Waals surface area (Å²) in [5.41, 5.74) is 0. The fourth-order valence-corrected chi connectivity index (χ4v) is 3.36. The van der Waals surface area contributed by atoms with Crippen LogP contribution in [0.5, 0.6) is 5.75 Å². The van der Waals surface area contributed by atoms with Crippen molar-refractivity contribution in [2.75, 3.05) is 25.1 Å². The highest BCUT2D eigenvalue weighted by molar-refractivity contribution is 6.30. The van der Waals surface area contributed by atoms with Gasteiger partial charge in [-0.05, 0) is 49.9 Å². The van der Waals surface area contributed by atoms with Crippen molar-refractivity contribution >= 4 is 23.5 Å². The Morgan fingerprint density at radius 2 is 1.87 bits per heavy atom. The number of halogens is 4. The van der Waals surface area contributed by atoms with Crippen LogP contribution in [0.25, 0.3) is 0 Å². The third kappa shape index (κ3) is 7.91. The van der Waals surface area contributed by atoms with Crippen LogP contribution in [0.3, 0.4) is 0 Å². The van der Waals surface area contributed by atoms with Crippen molar-refractivity contribution in [2.45, 2.75) is 44.0 Å². The number of carbonyl (C=O) groups excluding carboxylic acids is 1. The number of amides is 1. The molecule has 1 aromatic carbocycles. The van der Waals surface area contributed by atoms with Gasteiger partial charge in [0.1, 0.15) is 5.75 Å². The number of nitrogens with one attached hydrogen (secondary N) is 2. The Kier molecular flexibility index (Phi) is 7.97. The molecule has 0 atom stereocenters. The SMILES string of the molecule is O=C(COc1ccc(Cl)cc1)NC1CCC(c2nnc(NCCOC(F)(F)F)o2)CC1. The van der Waals surface area contributed by atoms with Crippen molar-refractivity contribution in [3.8, 4) is 5.75 Å². The van der Waals surface area contributed by atoms with E-state index < -0.39 is 13.0 Å². The van der Waals surface area contributed by atoms with E-state index in [1.807, 2.05) is 0 Å². The second kappa shape index (κ2) is 10.7. The number of nitrogens with zero attached hydrogens (tertiary/aromatic N) is 2. The van der Waals surface area contributed by atoms with Crippen molar-refractivity contribution in [3.63, 3.8) is 0 Å². The molecule has 1 aliphatic rings. The maximum Gasteiger partial charge on any atom is 0.522 e. The minimum Gasteiger partial charge on any atom is -0.484 e. The molecular formula is C19H22ClF3N4O4. The quantitative estimate of drug-likeness (QED) is 0.545. The zero-order valence-corrected chi connectivity index (χ0v) is 17.2. The highest BCUT2D eigenvalue weighted by Gasteiger charge is 2.29. The highest BCUT2D eigenvalue weighted by Crippen LogP contribution is 2.32. The second-order valence-corrected chi connectivity index (χ2v) is 7.46. The van der Waals surface area contributed by atoms with Gasteiger partial charge in [0.05, 0.1) is 6.61 Å². The third-order valence-corrected chi connectivity index (χ3v) is 4.96. The molecule has 1 heterocycles. The predicted octanol–water partition coefficient (Wildman–Crippen LogP) is 3.89. The number of hydrogen-bond donors (Lipinski definition) is 2. The summed E-state index contributed by atoms with van der Waals surface area (Å²) in [4.78, 5) is 12.1. The Hall–Kier alpha value is -2.53. The van der Waals surface area contributed by atoms with Crippen LogP contribution in [-0.2, 0) is 9.53 Å². The molecule has 1 aromatic heterocycles. The number of benzene rings is 1. The molecule has 0 aliphatic heterocycles. The molecular weight excluding hydrogens is 441 g/mol. The predicted molar refractivity (Wildman–Crippen MR) is 105 cm³/mol. The van der Waals surface area contributed by atoms with E-state index in [2.05, 4.69) is 25.6 Å².